The Morgan fingerprint density at radius 2 is 2.32 bits per heavy atom. The molecule has 1 N–H and O–H groups in total. The van der Waals surface area contributed by atoms with Crippen LogP contribution in [-0.4, -0.2) is 29.5 Å². The van der Waals surface area contributed by atoms with Gasteiger partial charge in [-0.1, -0.05) is 6.92 Å². The molecule has 1 unspecified atom stereocenters. The van der Waals surface area contributed by atoms with E-state index in [1.807, 2.05) is 4.68 Å². The monoisotopic (exact) mass is 329 g/mol. The normalized spacial score (nSPS) is 19.2. The largest absolute Gasteiger partial charge is 0.375 e. The van der Waals surface area contributed by atoms with Gasteiger partial charge in [0.2, 0.25) is 0 Å². The zero-order chi connectivity index (χ0) is 13.7. The minimum Gasteiger partial charge on any atom is -0.375 e. The molecule has 2 heterocycles. The molecule has 0 spiro atoms. The molecule has 0 radical (unpaired) electrons. The average molecular weight is 330 g/mol. The fraction of sp³-hybridized carbons (Fsp3) is 0.786. The zero-order valence-corrected chi connectivity index (χ0v) is 13.5. The molecule has 108 valence electrons. The second kappa shape index (κ2) is 7.41. The van der Waals surface area contributed by atoms with Crippen molar-refractivity contribution in [2.45, 2.75) is 46.3 Å². The first kappa shape index (κ1) is 15.0. The number of rotatable bonds is 7. The Labute approximate surface area is 124 Å². The highest BCUT2D eigenvalue weighted by molar-refractivity contribution is 9.10. The number of hydrogen-bond acceptors (Lipinski definition) is 3. The summed E-state index contributed by atoms with van der Waals surface area (Å²) in [6.07, 6.45) is 3.40. The summed E-state index contributed by atoms with van der Waals surface area (Å²) in [7, 11) is 0. The van der Waals surface area contributed by atoms with E-state index in [-0.39, 0.29) is 0 Å². The molecule has 1 aromatic heterocycles. The average Bonchev–Trinajstić information content (AvgIpc) is 3.03. The van der Waals surface area contributed by atoms with Gasteiger partial charge in [0.05, 0.1) is 22.5 Å². The molecule has 1 atom stereocenters. The van der Waals surface area contributed by atoms with Crippen molar-refractivity contribution in [3.63, 3.8) is 0 Å². The van der Waals surface area contributed by atoms with Gasteiger partial charge in [0, 0.05) is 13.2 Å². The molecule has 19 heavy (non-hydrogen) atoms. The summed E-state index contributed by atoms with van der Waals surface area (Å²) in [6.45, 7) is 8.95. The minimum atomic E-state index is 0.654. The lowest BCUT2D eigenvalue weighted by molar-refractivity contribution is 0.103. The number of hydrogen-bond donors (Lipinski definition) is 1. The number of aryl methyl sites for hydroxylation is 2. The first-order chi connectivity index (χ1) is 9.26. The fourth-order valence-corrected chi connectivity index (χ4v) is 3.21. The summed E-state index contributed by atoms with van der Waals surface area (Å²) in [5.41, 5.74) is 2.30. The van der Waals surface area contributed by atoms with Crippen LogP contribution in [0.25, 0.3) is 0 Å². The Balaban J connectivity index is 1.82. The summed E-state index contributed by atoms with van der Waals surface area (Å²) in [5, 5.41) is 7.97. The Bertz CT molecular complexity index is 400. The highest BCUT2D eigenvalue weighted by Crippen LogP contribution is 2.23. The molecule has 1 aliphatic heterocycles. The Kier molecular flexibility index (Phi) is 5.85. The first-order valence-electron chi connectivity index (χ1n) is 7.28. The van der Waals surface area contributed by atoms with Crippen LogP contribution in [0.4, 0.5) is 0 Å². The molecule has 0 aromatic carbocycles. The lowest BCUT2D eigenvalue weighted by Crippen LogP contribution is -2.11. The maximum atomic E-state index is 5.84. The Morgan fingerprint density at radius 1 is 1.47 bits per heavy atom. The molecular weight excluding hydrogens is 306 g/mol. The van der Waals surface area contributed by atoms with Gasteiger partial charge in [-0.25, -0.2) is 0 Å². The van der Waals surface area contributed by atoms with Gasteiger partial charge in [0.15, 0.2) is 0 Å². The maximum Gasteiger partial charge on any atom is 0.0896 e. The van der Waals surface area contributed by atoms with Crippen LogP contribution in [0.15, 0.2) is 4.47 Å². The van der Waals surface area contributed by atoms with Crippen LogP contribution in [-0.2, 0) is 24.3 Å². The van der Waals surface area contributed by atoms with Gasteiger partial charge in [0.25, 0.3) is 0 Å². The van der Waals surface area contributed by atoms with Crippen molar-refractivity contribution in [2.75, 3.05) is 19.7 Å². The molecule has 4 nitrogen and oxygen atoms in total. The van der Waals surface area contributed by atoms with E-state index >= 15 is 0 Å². The topological polar surface area (TPSA) is 39.1 Å². The molecule has 1 aromatic rings. The molecular formula is C14H24BrN3O. The van der Waals surface area contributed by atoms with Crippen molar-refractivity contribution < 1.29 is 4.74 Å². The highest BCUT2D eigenvalue weighted by Gasteiger charge is 2.16. The van der Waals surface area contributed by atoms with Crippen LogP contribution in [0.3, 0.4) is 0 Å². The molecule has 1 fully saturated rings. The molecule has 0 bridgehead atoms. The summed E-state index contributed by atoms with van der Waals surface area (Å²) < 4.78 is 9.01. The van der Waals surface area contributed by atoms with Crippen LogP contribution in [0, 0.1) is 5.92 Å². The van der Waals surface area contributed by atoms with E-state index in [2.05, 4.69) is 40.2 Å². The van der Waals surface area contributed by atoms with Gasteiger partial charge in [-0.05, 0) is 61.1 Å². The van der Waals surface area contributed by atoms with E-state index in [0.29, 0.717) is 6.61 Å². The van der Waals surface area contributed by atoms with Crippen molar-refractivity contribution in [1.82, 2.24) is 15.1 Å². The summed E-state index contributed by atoms with van der Waals surface area (Å²) >= 11 is 3.65. The number of ether oxygens (including phenoxy) is 1. The third-order valence-electron chi connectivity index (χ3n) is 3.77. The second-order valence-electron chi connectivity index (χ2n) is 5.08. The van der Waals surface area contributed by atoms with E-state index in [9.17, 15) is 0 Å². The van der Waals surface area contributed by atoms with Crippen molar-refractivity contribution in [3.05, 3.63) is 15.9 Å². The number of nitrogens with one attached hydrogen (secondary N) is 1. The maximum absolute atomic E-state index is 5.84. The van der Waals surface area contributed by atoms with E-state index < -0.39 is 0 Å². The molecule has 0 aliphatic carbocycles. The molecule has 1 aliphatic rings. The molecule has 5 heteroatoms. The van der Waals surface area contributed by atoms with Crippen molar-refractivity contribution in [3.8, 4) is 0 Å². The van der Waals surface area contributed by atoms with Crippen molar-refractivity contribution >= 4 is 15.9 Å². The van der Waals surface area contributed by atoms with E-state index in [1.165, 1.54) is 18.7 Å². The molecule has 1 saturated heterocycles. The predicted molar refractivity (Wildman–Crippen MR) is 80.2 cm³/mol. The fourth-order valence-electron chi connectivity index (χ4n) is 2.53. The van der Waals surface area contributed by atoms with Gasteiger partial charge < -0.3 is 10.1 Å². The van der Waals surface area contributed by atoms with Gasteiger partial charge >= 0.3 is 0 Å². The van der Waals surface area contributed by atoms with Crippen LogP contribution in [0.2, 0.25) is 0 Å². The van der Waals surface area contributed by atoms with Crippen LogP contribution in [0.1, 0.15) is 38.1 Å². The predicted octanol–water partition coefficient (Wildman–Crippen LogP) is 2.74. The standard InChI is InChI=1S/C14H24BrN3O/c1-3-12-14(15)13(18(4-2)17-12)10-19-8-6-11-5-7-16-9-11/h11,16H,3-10H2,1-2H3. The molecule has 0 saturated carbocycles. The third kappa shape index (κ3) is 3.80. The number of nitrogens with zero attached hydrogens (tertiary/aromatic N) is 2. The van der Waals surface area contributed by atoms with E-state index in [1.54, 1.807) is 0 Å². The third-order valence-corrected chi connectivity index (χ3v) is 4.68. The summed E-state index contributed by atoms with van der Waals surface area (Å²) in [4.78, 5) is 0. The lowest BCUT2D eigenvalue weighted by Gasteiger charge is -2.10. The van der Waals surface area contributed by atoms with Gasteiger partial charge in [-0.3, -0.25) is 4.68 Å². The van der Waals surface area contributed by atoms with Crippen LogP contribution < -0.4 is 5.32 Å². The number of aromatic nitrogens is 2. The van der Waals surface area contributed by atoms with Crippen LogP contribution >= 0.6 is 15.9 Å². The van der Waals surface area contributed by atoms with E-state index in [0.717, 1.165) is 48.6 Å². The SMILES string of the molecule is CCc1nn(CC)c(COCCC2CCNC2)c1Br. The zero-order valence-electron chi connectivity index (χ0n) is 11.9. The summed E-state index contributed by atoms with van der Waals surface area (Å²) in [6, 6.07) is 0. The number of halogens is 1. The van der Waals surface area contributed by atoms with E-state index in [4.69, 9.17) is 4.74 Å². The van der Waals surface area contributed by atoms with Gasteiger partial charge in [-0.2, -0.15) is 5.10 Å². The quantitative estimate of drug-likeness (QED) is 0.782. The van der Waals surface area contributed by atoms with Gasteiger partial charge in [0.1, 0.15) is 0 Å². The molecule has 2 rings (SSSR count). The second-order valence-corrected chi connectivity index (χ2v) is 5.87. The van der Waals surface area contributed by atoms with Crippen molar-refractivity contribution in [2.24, 2.45) is 5.92 Å². The highest BCUT2D eigenvalue weighted by atomic mass is 79.9. The smallest absolute Gasteiger partial charge is 0.0896 e. The van der Waals surface area contributed by atoms with Crippen LogP contribution in [0.5, 0.6) is 0 Å². The minimum absolute atomic E-state index is 0.654. The van der Waals surface area contributed by atoms with Crippen molar-refractivity contribution in [1.29, 1.82) is 0 Å². The Hall–Kier alpha value is -0.390. The first-order valence-corrected chi connectivity index (χ1v) is 8.08. The summed E-state index contributed by atoms with van der Waals surface area (Å²) in [5.74, 6) is 0.797. The van der Waals surface area contributed by atoms with Gasteiger partial charge in [-0.15, -0.1) is 0 Å². The lowest BCUT2D eigenvalue weighted by atomic mass is 10.1. The molecule has 0 amide bonds. The Morgan fingerprint density at radius 3 is 2.95 bits per heavy atom.